The number of hydrogen-bond donors (Lipinski definition) is 3. The summed E-state index contributed by atoms with van der Waals surface area (Å²) in [5.74, 6) is 1.73. The zero-order valence-corrected chi connectivity index (χ0v) is 19.6. The van der Waals surface area contributed by atoms with Crippen LogP contribution in [0, 0.1) is 0 Å². The minimum absolute atomic E-state index is 0. The molecule has 7 heteroatoms. The monoisotopic (exact) mass is 515 g/mol. The Hall–Kier alpha value is -1.32. The van der Waals surface area contributed by atoms with Gasteiger partial charge in [-0.05, 0) is 67.3 Å². The van der Waals surface area contributed by atoms with Crippen molar-refractivity contribution in [2.75, 3.05) is 13.7 Å². The number of aliphatic hydroxyl groups is 1. The minimum atomic E-state index is -0.134. The summed E-state index contributed by atoms with van der Waals surface area (Å²) in [5.41, 5.74) is 2.40. The van der Waals surface area contributed by atoms with Crippen molar-refractivity contribution in [3.63, 3.8) is 0 Å². The number of hydrogen-bond acceptors (Lipinski definition) is 4. The van der Waals surface area contributed by atoms with E-state index in [0.29, 0.717) is 12.6 Å². The van der Waals surface area contributed by atoms with Gasteiger partial charge in [-0.3, -0.25) is 0 Å². The third-order valence-corrected chi connectivity index (χ3v) is 5.77. The van der Waals surface area contributed by atoms with Gasteiger partial charge in [0.1, 0.15) is 5.75 Å². The topological polar surface area (TPSA) is 65.9 Å². The highest BCUT2D eigenvalue weighted by Gasteiger charge is 2.19. The number of rotatable bonds is 6. The molecule has 1 aromatic heterocycles. The van der Waals surface area contributed by atoms with Crippen molar-refractivity contribution in [3.8, 4) is 16.9 Å². The third-order valence-electron chi connectivity index (χ3n) is 4.85. The molecule has 0 aliphatic heterocycles. The fourth-order valence-corrected chi connectivity index (χ4v) is 4.11. The van der Waals surface area contributed by atoms with Gasteiger partial charge in [-0.1, -0.05) is 12.1 Å². The van der Waals surface area contributed by atoms with Crippen molar-refractivity contribution < 1.29 is 9.84 Å². The van der Waals surface area contributed by atoms with Gasteiger partial charge in [-0.15, -0.1) is 35.3 Å². The van der Waals surface area contributed by atoms with E-state index in [4.69, 9.17) is 9.73 Å². The highest BCUT2D eigenvalue weighted by molar-refractivity contribution is 14.0. The molecule has 1 heterocycles. The summed E-state index contributed by atoms with van der Waals surface area (Å²) in [5, 5.41) is 18.7. The van der Waals surface area contributed by atoms with Crippen molar-refractivity contribution in [1.82, 2.24) is 10.6 Å². The number of aliphatic imine (C=N–C) groups is 1. The van der Waals surface area contributed by atoms with Crippen LogP contribution in [-0.2, 0) is 6.54 Å². The number of ether oxygens (including phenoxy) is 1. The van der Waals surface area contributed by atoms with E-state index >= 15 is 0 Å². The average Bonchev–Trinajstić information content (AvgIpc) is 3.17. The van der Waals surface area contributed by atoms with E-state index in [0.717, 1.165) is 43.9 Å². The van der Waals surface area contributed by atoms with Gasteiger partial charge in [0.15, 0.2) is 5.96 Å². The van der Waals surface area contributed by atoms with E-state index in [-0.39, 0.29) is 30.1 Å². The second kappa shape index (κ2) is 11.6. The highest BCUT2D eigenvalue weighted by atomic mass is 127. The number of thiophene rings is 1. The van der Waals surface area contributed by atoms with Crippen molar-refractivity contribution >= 4 is 41.3 Å². The number of nitrogens with one attached hydrogen (secondary N) is 2. The van der Waals surface area contributed by atoms with E-state index in [9.17, 15) is 5.11 Å². The van der Waals surface area contributed by atoms with Gasteiger partial charge in [0, 0.05) is 17.5 Å². The lowest BCUT2D eigenvalue weighted by molar-refractivity contribution is 0.120. The second-order valence-electron chi connectivity index (χ2n) is 6.88. The van der Waals surface area contributed by atoms with Crippen molar-refractivity contribution in [2.24, 2.45) is 4.99 Å². The molecule has 1 saturated carbocycles. The fraction of sp³-hybridized carbons (Fsp3) is 0.476. The van der Waals surface area contributed by atoms with Crippen LogP contribution in [-0.4, -0.2) is 36.9 Å². The molecule has 3 N–H and O–H groups in total. The molecule has 154 valence electrons. The Morgan fingerprint density at radius 1 is 1.18 bits per heavy atom. The summed E-state index contributed by atoms with van der Waals surface area (Å²) in [6.45, 7) is 3.57. The molecule has 5 nitrogen and oxygen atoms in total. The van der Waals surface area contributed by atoms with E-state index in [1.54, 1.807) is 18.4 Å². The molecule has 1 aromatic carbocycles. The summed E-state index contributed by atoms with van der Waals surface area (Å²) in [6.07, 6.45) is 3.59. The highest BCUT2D eigenvalue weighted by Crippen LogP contribution is 2.27. The van der Waals surface area contributed by atoms with Gasteiger partial charge in [0.2, 0.25) is 0 Å². The number of aliphatic hydroxyl groups excluding tert-OH is 1. The molecule has 1 aliphatic rings. The van der Waals surface area contributed by atoms with Gasteiger partial charge in [-0.2, -0.15) is 0 Å². The fourth-order valence-electron chi connectivity index (χ4n) is 3.29. The first-order valence-electron chi connectivity index (χ1n) is 9.62. The van der Waals surface area contributed by atoms with E-state index in [1.807, 2.05) is 12.1 Å². The SMILES string of the molecule is CCNC(=NCc1cc(-c2ccc(OC)cc2)cs1)NC1CCC(O)CC1.I. The van der Waals surface area contributed by atoms with Crippen LogP contribution in [0.5, 0.6) is 5.75 Å². The van der Waals surface area contributed by atoms with E-state index < -0.39 is 0 Å². The maximum atomic E-state index is 9.66. The van der Waals surface area contributed by atoms with Crippen LogP contribution in [0.25, 0.3) is 11.1 Å². The van der Waals surface area contributed by atoms with E-state index in [1.165, 1.54) is 16.0 Å². The molecule has 1 fully saturated rings. The molecule has 0 atom stereocenters. The molecule has 28 heavy (non-hydrogen) atoms. The summed E-state index contributed by atoms with van der Waals surface area (Å²) in [6, 6.07) is 10.7. The van der Waals surface area contributed by atoms with Crippen LogP contribution >= 0.6 is 35.3 Å². The number of methoxy groups -OCH3 is 1. The van der Waals surface area contributed by atoms with Crippen LogP contribution in [0.4, 0.5) is 0 Å². The molecule has 0 unspecified atom stereocenters. The van der Waals surface area contributed by atoms with Gasteiger partial charge < -0.3 is 20.5 Å². The standard InChI is InChI=1S/C21H29N3O2S.HI/c1-3-22-21(24-17-6-8-18(25)9-7-17)23-13-20-12-16(14-27-20)15-4-10-19(26-2)11-5-15;/h4-5,10-12,14,17-18,25H,3,6-9,13H2,1-2H3,(H2,22,23,24);1H. The normalized spacial score (nSPS) is 19.6. The van der Waals surface area contributed by atoms with Gasteiger partial charge in [0.25, 0.3) is 0 Å². The summed E-state index contributed by atoms with van der Waals surface area (Å²) in [7, 11) is 1.68. The molecular formula is C21H30IN3O2S. The molecule has 3 rings (SSSR count). The third kappa shape index (κ3) is 6.63. The lowest BCUT2D eigenvalue weighted by Gasteiger charge is -2.27. The summed E-state index contributed by atoms with van der Waals surface area (Å²) < 4.78 is 5.22. The number of nitrogens with zero attached hydrogens (tertiary/aromatic N) is 1. The van der Waals surface area contributed by atoms with Crippen LogP contribution in [0.2, 0.25) is 0 Å². The number of guanidine groups is 1. The zero-order valence-electron chi connectivity index (χ0n) is 16.5. The Balaban J connectivity index is 0.00000280. The lowest BCUT2D eigenvalue weighted by Crippen LogP contribution is -2.45. The molecule has 0 saturated heterocycles. The molecule has 1 aliphatic carbocycles. The maximum absolute atomic E-state index is 9.66. The van der Waals surface area contributed by atoms with Gasteiger partial charge in [-0.25, -0.2) is 4.99 Å². The van der Waals surface area contributed by atoms with E-state index in [2.05, 4.69) is 41.1 Å². The van der Waals surface area contributed by atoms with Gasteiger partial charge >= 0.3 is 0 Å². The molecular weight excluding hydrogens is 485 g/mol. The predicted octanol–water partition coefficient (Wildman–Crippen LogP) is 4.40. The van der Waals surface area contributed by atoms with Crippen LogP contribution in [0.15, 0.2) is 40.7 Å². The summed E-state index contributed by atoms with van der Waals surface area (Å²) >= 11 is 1.73. The van der Waals surface area contributed by atoms with Crippen LogP contribution in [0.1, 0.15) is 37.5 Å². The Morgan fingerprint density at radius 3 is 2.54 bits per heavy atom. The molecule has 0 bridgehead atoms. The average molecular weight is 515 g/mol. The quantitative estimate of drug-likeness (QED) is 0.303. The molecule has 2 aromatic rings. The van der Waals surface area contributed by atoms with Crippen molar-refractivity contribution in [3.05, 3.63) is 40.6 Å². The first-order valence-corrected chi connectivity index (χ1v) is 10.5. The maximum Gasteiger partial charge on any atom is 0.191 e. The Morgan fingerprint density at radius 2 is 1.89 bits per heavy atom. The van der Waals surface area contributed by atoms with Crippen LogP contribution < -0.4 is 15.4 Å². The number of halogens is 1. The molecule has 0 radical (unpaired) electrons. The van der Waals surface area contributed by atoms with Gasteiger partial charge in [0.05, 0.1) is 19.8 Å². The predicted molar refractivity (Wildman–Crippen MR) is 128 cm³/mol. The minimum Gasteiger partial charge on any atom is -0.497 e. The zero-order chi connectivity index (χ0) is 19.1. The van der Waals surface area contributed by atoms with Crippen molar-refractivity contribution in [2.45, 2.75) is 51.3 Å². The first kappa shape index (κ1) is 23.0. The van der Waals surface area contributed by atoms with Crippen molar-refractivity contribution in [1.29, 1.82) is 0 Å². The molecule has 0 amide bonds. The summed E-state index contributed by atoms with van der Waals surface area (Å²) in [4.78, 5) is 5.99. The molecule has 0 spiro atoms. The Kier molecular flexibility index (Phi) is 9.53. The Bertz CT molecular complexity index is 740. The largest absolute Gasteiger partial charge is 0.497 e. The second-order valence-corrected chi connectivity index (χ2v) is 7.87. The first-order chi connectivity index (χ1) is 13.2. The van der Waals surface area contributed by atoms with Crippen LogP contribution in [0.3, 0.4) is 0 Å². The lowest BCUT2D eigenvalue weighted by atomic mass is 9.93. The number of benzene rings is 1. The Labute approximate surface area is 188 Å². The smallest absolute Gasteiger partial charge is 0.191 e.